The monoisotopic (exact) mass is 143 g/mol. The van der Waals surface area contributed by atoms with Gasteiger partial charge in [0.1, 0.15) is 0 Å². The minimum absolute atomic E-state index is 0.135. The zero-order valence-electron chi connectivity index (χ0n) is 7.18. The fraction of sp³-hybridized carbons (Fsp3) is 0.750. The second-order valence-corrected chi connectivity index (χ2v) is 2.55. The van der Waals surface area contributed by atoms with Gasteiger partial charge >= 0.3 is 0 Å². The Bertz CT molecular complexity index is 120. The van der Waals surface area contributed by atoms with Gasteiger partial charge in [-0.3, -0.25) is 0 Å². The predicted octanol–water partition coefficient (Wildman–Crippen LogP) is 0.921. The van der Waals surface area contributed by atoms with Gasteiger partial charge in [0.15, 0.2) is 0 Å². The Hall–Kier alpha value is -0.340. The van der Waals surface area contributed by atoms with Crippen molar-refractivity contribution < 1.29 is 5.11 Å². The van der Waals surface area contributed by atoms with E-state index in [0.717, 1.165) is 5.57 Å². The number of nitrogens with one attached hydrogen (secondary N) is 1. The van der Waals surface area contributed by atoms with E-state index in [2.05, 4.69) is 5.32 Å². The van der Waals surface area contributed by atoms with E-state index in [-0.39, 0.29) is 12.1 Å². The first-order valence-electron chi connectivity index (χ1n) is 3.61. The summed E-state index contributed by atoms with van der Waals surface area (Å²) < 4.78 is 0. The zero-order valence-corrected chi connectivity index (χ0v) is 7.18. The van der Waals surface area contributed by atoms with Crippen LogP contribution in [0.3, 0.4) is 0 Å². The lowest BCUT2D eigenvalue weighted by atomic mass is 10.1. The maximum Gasteiger partial charge on any atom is 0.0897 e. The van der Waals surface area contributed by atoms with E-state index in [0.29, 0.717) is 0 Å². The van der Waals surface area contributed by atoms with Crippen molar-refractivity contribution in [2.75, 3.05) is 7.05 Å². The van der Waals surface area contributed by atoms with E-state index in [9.17, 15) is 5.11 Å². The molecule has 0 aliphatic carbocycles. The van der Waals surface area contributed by atoms with E-state index in [1.165, 1.54) is 0 Å². The van der Waals surface area contributed by atoms with E-state index in [1.54, 1.807) is 0 Å². The third-order valence-corrected chi connectivity index (χ3v) is 1.85. The molecule has 0 spiro atoms. The third kappa shape index (κ3) is 2.50. The quantitative estimate of drug-likeness (QED) is 0.576. The summed E-state index contributed by atoms with van der Waals surface area (Å²) in [6, 6.07) is 0.135. The van der Waals surface area contributed by atoms with Crippen molar-refractivity contribution in [3.63, 3.8) is 0 Å². The van der Waals surface area contributed by atoms with Crippen LogP contribution < -0.4 is 5.32 Å². The average molecular weight is 143 g/mol. The van der Waals surface area contributed by atoms with E-state index < -0.39 is 0 Å². The highest BCUT2D eigenvalue weighted by molar-refractivity contribution is 5.05. The number of aliphatic hydroxyl groups is 1. The van der Waals surface area contributed by atoms with Crippen LogP contribution in [0.25, 0.3) is 0 Å². The number of allylic oxidation sites excluding steroid dienone is 1. The maximum atomic E-state index is 9.46. The van der Waals surface area contributed by atoms with Crippen molar-refractivity contribution in [3.8, 4) is 0 Å². The third-order valence-electron chi connectivity index (χ3n) is 1.85. The Morgan fingerprint density at radius 1 is 1.60 bits per heavy atom. The summed E-state index contributed by atoms with van der Waals surface area (Å²) in [5.74, 6) is 0. The van der Waals surface area contributed by atoms with Crippen molar-refractivity contribution in [3.05, 3.63) is 11.6 Å². The molecule has 0 aromatic rings. The molecule has 0 fully saturated rings. The molecule has 2 heteroatoms. The van der Waals surface area contributed by atoms with E-state index >= 15 is 0 Å². The van der Waals surface area contributed by atoms with Gasteiger partial charge in [0.2, 0.25) is 0 Å². The van der Waals surface area contributed by atoms with Gasteiger partial charge in [0.25, 0.3) is 0 Å². The van der Waals surface area contributed by atoms with Gasteiger partial charge in [-0.25, -0.2) is 0 Å². The van der Waals surface area contributed by atoms with Crippen molar-refractivity contribution in [2.45, 2.75) is 32.9 Å². The average Bonchev–Trinajstić information content (AvgIpc) is 2.00. The molecule has 0 bridgehead atoms. The van der Waals surface area contributed by atoms with Crippen molar-refractivity contribution in [1.82, 2.24) is 5.32 Å². The fourth-order valence-electron chi connectivity index (χ4n) is 0.723. The summed E-state index contributed by atoms with van der Waals surface area (Å²) >= 11 is 0. The Kier molecular flexibility index (Phi) is 4.32. The van der Waals surface area contributed by atoms with Crippen molar-refractivity contribution in [2.24, 2.45) is 0 Å². The molecule has 0 heterocycles. The molecule has 0 aromatic heterocycles. The number of aliphatic hydroxyl groups excluding tert-OH is 1. The topological polar surface area (TPSA) is 32.3 Å². The molecule has 0 saturated heterocycles. The maximum absolute atomic E-state index is 9.46. The molecule has 2 atom stereocenters. The van der Waals surface area contributed by atoms with Crippen LogP contribution in [0, 0.1) is 0 Å². The molecule has 0 rings (SSSR count). The Morgan fingerprint density at radius 2 is 2.10 bits per heavy atom. The summed E-state index contributed by atoms with van der Waals surface area (Å²) in [5.41, 5.74) is 1.02. The van der Waals surface area contributed by atoms with Gasteiger partial charge in [-0.1, -0.05) is 6.08 Å². The van der Waals surface area contributed by atoms with Crippen LogP contribution in [-0.4, -0.2) is 24.3 Å². The summed E-state index contributed by atoms with van der Waals surface area (Å²) in [6.07, 6.45) is 1.58. The first-order valence-corrected chi connectivity index (χ1v) is 3.61. The summed E-state index contributed by atoms with van der Waals surface area (Å²) in [5, 5.41) is 12.4. The molecule has 2 N–H and O–H groups in total. The minimum atomic E-state index is -0.352. The fourth-order valence-corrected chi connectivity index (χ4v) is 0.723. The number of rotatable bonds is 3. The minimum Gasteiger partial charge on any atom is -0.387 e. The first kappa shape index (κ1) is 9.66. The lowest BCUT2D eigenvalue weighted by Gasteiger charge is -2.18. The van der Waals surface area contributed by atoms with Crippen molar-refractivity contribution >= 4 is 0 Å². The normalized spacial score (nSPS) is 18.7. The largest absolute Gasteiger partial charge is 0.387 e. The van der Waals surface area contributed by atoms with Crippen molar-refractivity contribution in [1.29, 1.82) is 0 Å². The van der Waals surface area contributed by atoms with E-state index in [1.807, 2.05) is 33.9 Å². The molecule has 10 heavy (non-hydrogen) atoms. The molecule has 2 nitrogen and oxygen atoms in total. The molecule has 0 aliphatic rings. The summed E-state index contributed by atoms with van der Waals surface area (Å²) in [4.78, 5) is 0. The van der Waals surface area contributed by atoms with Crippen LogP contribution in [0.1, 0.15) is 20.8 Å². The SMILES string of the molecule is CC=C(C)C(O)C(C)NC. The van der Waals surface area contributed by atoms with Gasteiger partial charge in [0, 0.05) is 6.04 Å². The zero-order chi connectivity index (χ0) is 8.15. The van der Waals surface area contributed by atoms with Crippen LogP contribution in [0.2, 0.25) is 0 Å². The highest BCUT2D eigenvalue weighted by Crippen LogP contribution is 2.04. The lowest BCUT2D eigenvalue weighted by Crippen LogP contribution is -2.35. The second-order valence-electron chi connectivity index (χ2n) is 2.55. The highest BCUT2D eigenvalue weighted by Gasteiger charge is 2.11. The second kappa shape index (κ2) is 4.47. The number of likely N-dealkylation sites (N-methyl/N-ethyl adjacent to an activating group) is 1. The Balaban J connectivity index is 3.94. The molecule has 0 aromatic carbocycles. The molecular weight excluding hydrogens is 126 g/mol. The molecule has 2 unspecified atom stereocenters. The molecule has 60 valence electrons. The highest BCUT2D eigenvalue weighted by atomic mass is 16.3. The van der Waals surface area contributed by atoms with Gasteiger partial charge in [-0.2, -0.15) is 0 Å². The molecule has 0 radical (unpaired) electrons. The van der Waals surface area contributed by atoms with E-state index in [4.69, 9.17) is 0 Å². The molecular formula is C8H17NO. The molecule has 0 amide bonds. The molecule has 0 aliphatic heterocycles. The van der Waals surface area contributed by atoms with Crippen LogP contribution >= 0.6 is 0 Å². The van der Waals surface area contributed by atoms with Crippen LogP contribution in [0.5, 0.6) is 0 Å². The van der Waals surface area contributed by atoms with Crippen LogP contribution in [-0.2, 0) is 0 Å². The number of hydrogen-bond acceptors (Lipinski definition) is 2. The van der Waals surface area contributed by atoms with Gasteiger partial charge in [0.05, 0.1) is 6.10 Å². The summed E-state index contributed by atoms with van der Waals surface area (Å²) in [7, 11) is 1.84. The standard InChI is InChI=1S/C8H17NO/c1-5-6(2)8(10)7(3)9-4/h5,7-10H,1-4H3. The first-order chi connectivity index (χ1) is 4.63. The lowest BCUT2D eigenvalue weighted by molar-refractivity contribution is 0.172. The molecule has 0 saturated carbocycles. The van der Waals surface area contributed by atoms with Gasteiger partial charge in [-0.15, -0.1) is 0 Å². The number of hydrogen-bond donors (Lipinski definition) is 2. The smallest absolute Gasteiger partial charge is 0.0897 e. The van der Waals surface area contributed by atoms with Gasteiger partial charge < -0.3 is 10.4 Å². The summed E-state index contributed by atoms with van der Waals surface area (Å²) in [6.45, 7) is 5.82. The van der Waals surface area contributed by atoms with Gasteiger partial charge in [-0.05, 0) is 33.4 Å². The van der Waals surface area contributed by atoms with Crippen LogP contribution in [0.4, 0.5) is 0 Å². The van der Waals surface area contributed by atoms with Crippen LogP contribution in [0.15, 0.2) is 11.6 Å². The predicted molar refractivity (Wildman–Crippen MR) is 44.0 cm³/mol. The Labute approximate surface area is 62.9 Å². The Morgan fingerprint density at radius 3 is 2.40 bits per heavy atom.